The highest BCUT2D eigenvalue weighted by Crippen LogP contribution is 2.30. The molecule has 0 aliphatic heterocycles. The van der Waals surface area contributed by atoms with Gasteiger partial charge in [-0.25, -0.2) is 0 Å². The fraction of sp³-hybridized carbons (Fsp3) is 0.0714. The molecule has 0 aliphatic rings. The highest BCUT2D eigenvalue weighted by molar-refractivity contribution is 5.81. The minimum Gasteiger partial charge on any atom is -0.298 e. The topological polar surface area (TPSA) is 60.2 Å². The van der Waals surface area contributed by atoms with Crippen LogP contribution in [0, 0.1) is 17.0 Å². The molecule has 2 rings (SSSR count). The van der Waals surface area contributed by atoms with E-state index in [0.717, 1.165) is 11.8 Å². The van der Waals surface area contributed by atoms with Gasteiger partial charge in [-0.15, -0.1) is 0 Å². The van der Waals surface area contributed by atoms with Gasteiger partial charge in [-0.1, -0.05) is 29.8 Å². The zero-order chi connectivity index (χ0) is 13.1. The molecule has 18 heavy (non-hydrogen) atoms. The largest absolute Gasteiger partial charge is 0.298 e. The third-order valence-electron chi connectivity index (χ3n) is 2.68. The molecule has 0 N–H and O–H groups in total. The third-order valence-corrected chi connectivity index (χ3v) is 2.68. The molecule has 90 valence electrons. The first kappa shape index (κ1) is 12.0. The molecule has 0 saturated heterocycles. The van der Waals surface area contributed by atoms with Crippen molar-refractivity contribution in [1.82, 2.24) is 0 Å². The predicted octanol–water partition coefficient (Wildman–Crippen LogP) is 3.38. The van der Waals surface area contributed by atoms with Gasteiger partial charge in [0.25, 0.3) is 5.69 Å². The smallest absolute Gasteiger partial charge is 0.277 e. The number of carbonyl (C=O) groups excluding carboxylic acids is 1. The van der Waals surface area contributed by atoms with Gasteiger partial charge in [0.1, 0.15) is 6.29 Å². The molecule has 2 aromatic carbocycles. The zero-order valence-corrected chi connectivity index (χ0v) is 9.79. The van der Waals surface area contributed by atoms with E-state index in [-0.39, 0.29) is 5.69 Å². The summed E-state index contributed by atoms with van der Waals surface area (Å²) in [6.07, 6.45) is 0.727. The Kier molecular flexibility index (Phi) is 3.19. The predicted molar refractivity (Wildman–Crippen MR) is 68.7 cm³/mol. The number of carbonyl (C=O) groups is 1. The van der Waals surface area contributed by atoms with Crippen molar-refractivity contribution in [3.05, 3.63) is 63.7 Å². The van der Waals surface area contributed by atoms with Gasteiger partial charge in [0.2, 0.25) is 0 Å². The van der Waals surface area contributed by atoms with Gasteiger partial charge in [-0.3, -0.25) is 14.9 Å². The van der Waals surface area contributed by atoms with E-state index in [1.165, 1.54) is 6.07 Å². The summed E-state index contributed by atoms with van der Waals surface area (Å²) in [6, 6.07) is 11.7. The molecule has 0 unspecified atom stereocenters. The summed E-state index contributed by atoms with van der Waals surface area (Å²) in [5.41, 5.74) is 2.69. The van der Waals surface area contributed by atoms with Gasteiger partial charge in [0.05, 0.1) is 10.5 Å². The second-order valence-electron chi connectivity index (χ2n) is 4.02. The minimum absolute atomic E-state index is 0.0450. The van der Waals surface area contributed by atoms with E-state index in [4.69, 9.17) is 0 Å². The molecule has 2 aromatic rings. The van der Waals surface area contributed by atoms with Crippen LogP contribution in [0.3, 0.4) is 0 Å². The number of aryl methyl sites for hydroxylation is 1. The molecule has 0 fully saturated rings. The van der Waals surface area contributed by atoms with Gasteiger partial charge < -0.3 is 0 Å². The second kappa shape index (κ2) is 4.79. The molecule has 0 saturated carbocycles. The van der Waals surface area contributed by atoms with Crippen LogP contribution in [-0.4, -0.2) is 11.2 Å². The summed E-state index contributed by atoms with van der Waals surface area (Å²) in [4.78, 5) is 21.3. The molecular formula is C14H11NO3. The van der Waals surface area contributed by atoms with Crippen LogP contribution in [0.1, 0.15) is 15.9 Å². The number of rotatable bonds is 3. The summed E-state index contributed by atoms with van der Waals surface area (Å²) in [5.74, 6) is 0. The Bertz CT molecular complexity index is 620. The summed E-state index contributed by atoms with van der Waals surface area (Å²) >= 11 is 0. The molecule has 0 spiro atoms. The van der Waals surface area contributed by atoms with Crippen LogP contribution in [0.4, 0.5) is 5.69 Å². The Balaban J connectivity index is 2.64. The summed E-state index contributed by atoms with van der Waals surface area (Å²) in [5, 5.41) is 11.0. The first-order chi connectivity index (χ1) is 8.61. The molecule has 4 heteroatoms. The van der Waals surface area contributed by atoms with Crippen LogP contribution in [0.5, 0.6) is 0 Å². The third kappa shape index (κ3) is 2.27. The van der Waals surface area contributed by atoms with Gasteiger partial charge in [0.15, 0.2) is 0 Å². The van der Waals surface area contributed by atoms with Crippen LogP contribution < -0.4 is 0 Å². The van der Waals surface area contributed by atoms with Gasteiger partial charge in [-0.2, -0.15) is 0 Å². The Morgan fingerprint density at radius 3 is 2.61 bits per heavy atom. The second-order valence-corrected chi connectivity index (χ2v) is 4.02. The number of aldehydes is 1. The Morgan fingerprint density at radius 1 is 1.17 bits per heavy atom. The number of hydrogen-bond donors (Lipinski definition) is 0. The summed E-state index contributed by atoms with van der Waals surface area (Å²) in [6.45, 7) is 1.87. The molecular weight excluding hydrogens is 230 g/mol. The number of benzene rings is 2. The Hall–Kier alpha value is -2.49. The first-order valence-corrected chi connectivity index (χ1v) is 5.42. The average Bonchev–Trinajstić information content (AvgIpc) is 2.38. The highest BCUT2D eigenvalue weighted by atomic mass is 16.6. The van der Waals surface area contributed by atoms with Crippen LogP contribution in [0.2, 0.25) is 0 Å². The molecule has 0 heterocycles. The fourth-order valence-electron chi connectivity index (χ4n) is 1.82. The molecule has 0 atom stereocenters. The zero-order valence-electron chi connectivity index (χ0n) is 9.79. The van der Waals surface area contributed by atoms with E-state index < -0.39 is 4.92 Å². The van der Waals surface area contributed by atoms with Crippen molar-refractivity contribution in [2.24, 2.45) is 0 Å². The van der Waals surface area contributed by atoms with Crippen molar-refractivity contribution >= 4 is 12.0 Å². The summed E-state index contributed by atoms with van der Waals surface area (Å²) < 4.78 is 0. The molecule has 0 amide bonds. The van der Waals surface area contributed by atoms with Crippen LogP contribution in [-0.2, 0) is 0 Å². The molecule has 0 aromatic heterocycles. The van der Waals surface area contributed by atoms with Crippen molar-refractivity contribution < 1.29 is 9.72 Å². The van der Waals surface area contributed by atoms with E-state index >= 15 is 0 Å². The molecule has 0 aliphatic carbocycles. The van der Waals surface area contributed by atoms with Crippen molar-refractivity contribution in [2.45, 2.75) is 6.92 Å². The minimum atomic E-state index is -0.414. The van der Waals surface area contributed by atoms with Crippen molar-refractivity contribution in [3.8, 4) is 11.1 Å². The lowest BCUT2D eigenvalue weighted by atomic mass is 10.00. The number of hydrogen-bond acceptors (Lipinski definition) is 3. The maximum Gasteiger partial charge on any atom is 0.277 e. The van der Waals surface area contributed by atoms with Crippen molar-refractivity contribution in [2.75, 3.05) is 0 Å². The standard InChI is InChI=1S/C14H11NO3/c1-10-5-6-14(15(17)18)13(7-10)12-4-2-3-11(8-12)9-16/h2-9H,1H3. The molecule has 0 radical (unpaired) electrons. The van der Waals surface area contributed by atoms with Gasteiger partial charge in [-0.05, 0) is 24.6 Å². The van der Waals surface area contributed by atoms with Crippen molar-refractivity contribution in [3.63, 3.8) is 0 Å². The summed E-state index contributed by atoms with van der Waals surface area (Å²) in [7, 11) is 0. The van der Waals surface area contributed by atoms with Crippen LogP contribution in [0.25, 0.3) is 11.1 Å². The molecule has 0 bridgehead atoms. The van der Waals surface area contributed by atoms with Gasteiger partial charge in [0, 0.05) is 11.6 Å². The van der Waals surface area contributed by atoms with Crippen LogP contribution >= 0.6 is 0 Å². The lowest BCUT2D eigenvalue weighted by Gasteiger charge is -2.05. The molecule has 4 nitrogen and oxygen atoms in total. The normalized spacial score (nSPS) is 10.1. The number of nitro benzene ring substituents is 1. The monoisotopic (exact) mass is 241 g/mol. The quantitative estimate of drug-likeness (QED) is 0.470. The lowest BCUT2D eigenvalue weighted by molar-refractivity contribution is -0.384. The maximum atomic E-state index is 11.0. The first-order valence-electron chi connectivity index (χ1n) is 5.42. The Labute approximate surface area is 104 Å². The van der Waals surface area contributed by atoms with E-state index in [9.17, 15) is 14.9 Å². The van der Waals surface area contributed by atoms with E-state index in [1.54, 1.807) is 36.4 Å². The highest BCUT2D eigenvalue weighted by Gasteiger charge is 2.15. The van der Waals surface area contributed by atoms with E-state index in [2.05, 4.69) is 0 Å². The fourth-order valence-corrected chi connectivity index (χ4v) is 1.82. The maximum absolute atomic E-state index is 11.0. The number of nitrogens with zero attached hydrogens (tertiary/aromatic N) is 1. The van der Waals surface area contributed by atoms with Crippen LogP contribution in [0.15, 0.2) is 42.5 Å². The lowest BCUT2D eigenvalue weighted by Crippen LogP contribution is -1.93. The van der Waals surface area contributed by atoms with E-state index in [1.807, 2.05) is 6.92 Å². The van der Waals surface area contributed by atoms with Gasteiger partial charge >= 0.3 is 0 Å². The SMILES string of the molecule is Cc1ccc([N+](=O)[O-])c(-c2cccc(C=O)c2)c1. The van der Waals surface area contributed by atoms with Crippen molar-refractivity contribution in [1.29, 1.82) is 0 Å². The van der Waals surface area contributed by atoms with E-state index in [0.29, 0.717) is 16.7 Å². The number of nitro groups is 1. The Morgan fingerprint density at radius 2 is 1.94 bits per heavy atom. The average molecular weight is 241 g/mol.